The second-order valence-corrected chi connectivity index (χ2v) is 2.97. The molecule has 0 aromatic rings. The average molecular weight is 173 g/mol. The van der Waals surface area contributed by atoms with E-state index in [4.69, 9.17) is 10.9 Å². The first-order chi connectivity index (χ1) is 5.70. The van der Waals surface area contributed by atoms with Gasteiger partial charge in [0.15, 0.2) is 0 Å². The SMILES string of the molecule is CCCCCC(C)N=C(N)NO. The Labute approximate surface area is 73.8 Å². The van der Waals surface area contributed by atoms with Crippen LogP contribution >= 0.6 is 0 Å². The van der Waals surface area contributed by atoms with Crippen molar-refractivity contribution in [3.63, 3.8) is 0 Å². The van der Waals surface area contributed by atoms with Gasteiger partial charge in [0.25, 0.3) is 0 Å². The first kappa shape index (κ1) is 11.2. The highest BCUT2D eigenvalue weighted by molar-refractivity contribution is 5.76. The van der Waals surface area contributed by atoms with Gasteiger partial charge in [-0.1, -0.05) is 26.2 Å². The van der Waals surface area contributed by atoms with E-state index < -0.39 is 0 Å². The number of hydrogen-bond acceptors (Lipinski definition) is 2. The third kappa shape index (κ3) is 5.97. The lowest BCUT2D eigenvalue weighted by molar-refractivity contribution is 0.232. The van der Waals surface area contributed by atoms with Crippen LogP contribution in [0.1, 0.15) is 39.5 Å². The molecule has 0 aliphatic heterocycles. The minimum atomic E-state index is 0.0963. The molecule has 72 valence electrons. The molecule has 0 aromatic heterocycles. The van der Waals surface area contributed by atoms with Crippen molar-refractivity contribution >= 4 is 5.96 Å². The lowest BCUT2D eigenvalue weighted by Gasteiger charge is -2.06. The Morgan fingerprint density at radius 1 is 1.58 bits per heavy atom. The Kier molecular flexibility index (Phi) is 6.47. The maximum absolute atomic E-state index is 8.35. The van der Waals surface area contributed by atoms with Crippen molar-refractivity contribution in [2.45, 2.75) is 45.6 Å². The molecule has 4 nitrogen and oxygen atoms in total. The van der Waals surface area contributed by atoms with Crippen molar-refractivity contribution in [2.24, 2.45) is 10.7 Å². The van der Waals surface area contributed by atoms with E-state index in [2.05, 4.69) is 11.9 Å². The summed E-state index contributed by atoms with van der Waals surface area (Å²) in [5.41, 5.74) is 7.08. The quantitative estimate of drug-likeness (QED) is 0.253. The van der Waals surface area contributed by atoms with Crippen molar-refractivity contribution < 1.29 is 5.21 Å². The lowest BCUT2D eigenvalue weighted by atomic mass is 10.1. The van der Waals surface area contributed by atoms with E-state index in [0.29, 0.717) is 0 Å². The van der Waals surface area contributed by atoms with Crippen LogP contribution in [0.4, 0.5) is 0 Å². The summed E-state index contributed by atoms with van der Waals surface area (Å²) in [5.74, 6) is 0.0963. The van der Waals surface area contributed by atoms with Crippen LogP contribution in [-0.4, -0.2) is 17.2 Å². The Morgan fingerprint density at radius 2 is 2.25 bits per heavy atom. The summed E-state index contributed by atoms with van der Waals surface area (Å²) < 4.78 is 0. The zero-order valence-corrected chi connectivity index (χ0v) is 7.88. The number of hydroxylamine groups is 1. The summed E-state index contributed by atoms with van der Waals surface area (Å²) in [4.78, 5) is 4.00. The first-order valence-electron chi connectivity index (χ1n) is 4.44. The summed E-state index contributed by atoms with van der Waals surface area (Å²) in [7, 11) is 0. The highest BCUT2D eigenvalue weighted by Crippen LogP contribution is 2.05. The Balaban J connectivity index is 3.51. The van der Waals surface area contributed by atoms with Crippen LogP contribution in [0.5, 0.6) is 0 Å². The lowest BCUT2D eigenvalue weighted by Crippen LogP contribution is -2.29. The van der Waals surface area contributed by atoms with Crippen molar-refractivity contribution in [1.29, 1.82) is 0 Å². The smallest absolute Gasteiger partial charge is 0.213 e. The van der Waals surface area contributed by atoms with E-state index >= 15 is 0 Å². The molecule has 4 heteroatoms. The van der Waals surface area contributed by atoms with Gasteiger partial charge < -0.3 is 5.73 Å². The summed E-state index contributed by atoms with van der Waals surface area (Å²) in [6.45, 7) is 4.15. The van der Waals surface area contributed by atoms with Crippen LogP contribution in [0.15, 0.2) is 4.99 Å². The number of nitrogens with zero attached hydrogens (tertiary/aromatic N) is 1. The molecule has 0 saturated carbocycles. The summed E-state index contributed by atoms with van der Waals surface area (Å²) in [6.07, 6.45) is 4.63. The van der Waals surface area contributed by atoms with Crippen molar-refractivity contribution in [3.8, 4) is 0 Å². The van der Waals surface area contributed by atoms with Gasteiger partial charge in [-0.05, 0) is 13.3 Å². The summed E-state index contributed by atoms with van der Waals surface area (Å²) in [6, 6.07) is 0.191. The van der Waals surface area contributed by atoms with E-state index in [9.17, 15) is 0 Å². The number of nitrogens with two attached hydrogens (primary N) is 1. The zero-order chi connectivity index (χ0) is 9.40. The minimum Gasteiger partial charge on any atom is -0.368 e. The van der Waals surface area contributed by atoms with Crippen molar-refractivity contribution in [1.82, 2.24) is 5.48 Å². The molecule has 0 fully saturated rings. The van der Waals surface area contributed by atoms with Gasteiger partial charge >= 0.3 is 0 Å². The molecule has 0 spiro atoms. The predicted molar refractivity (Wildman–Crippen MR) is 50.1 cm³/mol. The molecule has 0 aliphatic carbocycles. The number of unbranched alkanes of at least 4 members (excludes halogenated alkanes) is 2. The van der Waals surface area contributed by atoms with Crippen LogP contribution < -0.4 is 11.2 Å². The number of hydrogen-bond donors (Lipinski definition) is 3. The van der Waals surface area contributed by atoms with Gasteiger partial charge in [-0.25, -0.2) is 10.5 Å². The Hall–Kier alpha value is -0.770. The average Bonchev–Trinajstić information content (AvgIpc) is 2.05. The van der Waals surface area contributed by atoms with Gasteiger partial charge in [0.05, 0.1) is 6.04 Å². The van der Waals surface area contributed by atoms with Crippen LogP contribution in [0.25, 0.3) is 0 Å². The zero-order valence-electron chi connectivity index (χ0n) is 7.88. The normalized spacial score (nSPS) is 14.4. The molecule has 1 atom stereocenters. The topological polar surface area (TPSA) is 70.6 Å². The van der Waals surface area contributed by atoms with E-state index in [-0.39, 0.29) is 12.0 Å². The molecule has 0 amide bonds. The number of aliphatic imine (C=N–C) groups is 1. The molecule has 12 heavy (non-hydrogen) atoms. The molecule has 0 bridgehead atoms. The van der Waals surface area contributed by atoms with Crippen molar-refractivity contribution in [2.75, 3.05) is 0 Å². The monoisotopic (exact) mass is 173 g/mol. The van der Waals surface area contributed by atoms with E-state index in [1.54, 1.807) is 0 Å². The van der Waals surface area contributed by atoms with Crippen LogP contribution in [0.2, 0.25) is 0 Å². The highest BCUT2D eigenvalue weighted by Gasteiger charge is 1.99. The molecule has 1 unspecified atom stereocenters. The molecule has 0 saturated heterocycles. The third-order valence-corrected chi connectivity index (χ3v) is 1.70. The second-order valence-electron chi connectivity index (χ2n) is 2.97. The van der Waals surface area contributed by atoms with Gasteiger partial charge in [-0.15, -0.1) is 0 Å². The van der Waals surface area contributed by atoms with Gasteiger partial charge in [-0.3, -0.25) is 5.21 Å². The Bertz CT molecular complexity index is 136. The highest BCUT2D eigenvalue weighted by atomic mass is 16.5. The largest absolute Gasteiger partial charge is 0.368 e. The van der Waals surface area contributed by atoms with Gasteiger partial charge in [-0.2, -0.15) is 0 Å². The number of rotatable bonds is 5. The second kappa shape index (κ2) is 6.91. The molecule has 0 radical (unpaired) electrons. The maximum atomic E-state index is 8.35. The predicted octanol–water partition coefficient (Wildman–Crippen LogP) is 1.25. The fraction of sp³-hybridized carbons (Fsp3) is 0.875. The third-order valence-electron chi connectivity index (χ3n) is 1.70. The molecule has 0 aliphatic rings. The van der Waals surface area contributed by atoms with E-state index in [0.717, 1.165) is 6.42 Å². The van der Waals surface area contributed by atoms with E-state index in [1.807, 2.05) is 12.4 Å². The fourth-order valence-corrected chi connectivity index (χ4v) is 1.02. The molecule has 0 aromatic carbocycles. The van der Waals surface area contributed by atoms with Crippen LogP contribution in [0, 0.1) is 0 Å². The van der Waals surface area contributed by atoms with Gasteiger partial charge in [0.1, 0.15) is 0 Å². The molecule has 4 N–H and O–H groups in total. The van der Waals surface area contributed by atoms with E-state index in [1.165, 1.54) is 19.3 Å². The molecular formula is C8H19N3O. The number of guanidine groups is 1. The first-order valence-corrected chi connectivity index (χ1v) is 4.44. The minimum absolute atomic E-state index is 0.0963. The van der Waals surface area contributed by atoms with Gasteiger partial charge in [0, 0.05) is 0 Å². The van der Waals surface area contributed by atoms with Crippen LogP contribution in [0.3, 0.4) is 0 Å². The van der Waals surface area contributed by atoms with Crippen LogP contribution in [-0.2, 0) is 0 Å². The Morgan fingerprint density at radius 3 is 2.75 bits per heavy atom. The maximum Gasteiger partial charge on any atom is 0.213 e. The van der Waals surface area contributed by atoms with Gasteiger partial charge in [0.2, 0.25) is 5.96 Å². The standard InChI is InChI=1S/C8H19N3O/c1-3-4-5-6-7(2)10-8(9)11-12/h7,12H,3-6H2,1-2H3,(H3,9,10,11). The van der Waals surface area contributed by atoms with Crippen molar-refractivity contribution in [3.05, 3.63) is 0 Å². The summed E-state index contributed by atoms with van der Waals surface area (Å²) >= 11 is 0. The fourth-order valence-electron chi connectivity index (χ4n) is 1.02. The molecule has 0 heterocycles. The summed E-state index contributed by atoms with van der Waals surface area (Å²) in [5, 5.41) is 8.35. The molecule has 0 rings (SSSR count). The number of nitrogens with one attached hydrogen (secondary N) is 1. The molecular weight excluding hydrogens is 154 g/mol.